The molecule has 2 N–H and O–H groups in total. The Hall–Kier alpha value is -2.50. The van der Waals surface area contributed by atoms with Gasteiger partial charge in [0.05, 0.1) is 18.0 Å². The van der Waals surface area contributed by atoms with Crippen LogP contribution >= 0.6 is 11.3 Å². The van der Waals surface area contributed by atoms with Gasteiger partial charge in [-0.3, -0.25) is 5.43 Å². The van der Waals surface area contributed by atoms with E-state index in [1.807, 2.05) is 66.0 Å². The first-order valence-corrected chi connectivity index (χ1v) is 8.20. The molecule has 0 atom stereocenters. The summed E-state index contributed by atoms with van der Waals surface area (Å²) in [5.41, 5.74) is 6.73. The quantitative estimate of drug-likeness (QED) is 0.536. The minimum atomic E-state index is -0.0845. The highest BCUT2D eigenvalue weighted by Crippen LogP contribution is 2.24. The Morgan fingerprint density at radius 2 is 1.74 bits per heavy atom. The number of hydrazone groups is 1. The van der Waals surface area contributed by atoms with E-state index < -0.39 is 0 Å². The summed E-state index contributed by atoms with van der Waals surface area (Å²) in [5.74, 6) is 0. The lowest BCUT2D eigenvalue weighted by atomic mass is 10.1. The zero-order valence-corrected chi connectivity index (χ0v) is 13.3. The predicted molar refractivity (Wildman–Crippen MR) is 95.8 cm³/mol. The van der Waals surface area contributed by atoms with Crippen LogP contribution < -0.4 is 5.43 Å². The van der Waals surface area contributed by atoms with Crippen molar-refractivity contribution >= 4 is 22.2 Å². The number of thiazole rings is 1. The number of benzene rings is 2. The molecule has 0 saturated carbocycles. The molecule has 116 valence electrons. The summed E-state index contributed by atoms with van der Waals surface area (Å²) < 4.78 is 0. The molecule has 5 heteroatoms. The number of nitrogens with one attached hydrogen (secondary N) is 1. The molecule has 4 nitrogen and oxygen atoms in total. The number of aromatic nitrogens is 1. The van der Waals surface area contributed by atoms with Crippen LogP contribution in [0.4, 0.5) is 5.13 Å². The van der Waals surface area contributed by atoms with E-state index in [1.54, 1.807) is 0 Å². The largest absolute Gasteiger partial charge is 0.390 e. The highest BCUT2D eigenvalue weighted by atomic mass is 32.1. The van der Waals surface area contributed by atoms with E-state index in [1.165, 1.54) is 11.3 Å². The van der Waals surface area contributed by atoms with Crippen molar-refractivity contribution in [2.75, 3.05) is 12.0 Å². The molecular weight excluding hydrogens is 306 g/mol. The summed E-state index contributed by atoms with van der Waals surface area (Å²) in [6.45, 7) is -0.0845. The average molecular weight is 323 g/mol. The van der Waals surface area contributed by atoms with Gasteiger partial charge in [-0.25, -0.2) is 4.98 Å². The van der Waals surface area contributed by atoms with Gasteiger partial charge in [-0.1, -0.05) is 60.7 Å². The third-order valence-corrected chi connectivity index (χ3v) is 4.06. The van der Waals surface area contributed by atoms with Crippen molar-refractivity contribution in [1.82, 2.24) is 4.98 Å². The van der Waals surface area contributed by atoms with Crippen LogP contribution in [-0.4, -0.2) is 22.4 Å². The summed E-state index contributed by atoms with van der Waals surface area (Å²) in [5, 5.41) is 16.4. The Kier molecular flexibility index (Phi) is 5.13. The maximum Gasteiger partial charge on any atom is 0.203 e. The predicted octanol–water partition coefficient (Wildman–Crippen LogP) is 3.81. The van der Waals surface area contributed by atoms with E-state index in [9.17, 15) is 5.11 Å². The lowest BCUT2D eigenvalue weighted by Gasteiger charge is -2.03. The zero-order chi connectivity index (χ0) is 15.9. The molecule has 1 aromatic heterocycles. The fourth-order valence-corrected chi connectivity index (χ4v) is 2.82. The van der Waals surface area contributed by atoms with Crippen molar-refractivity contribution in [2.24, 2.45) is 5.10 Å². The van der Waals surface area contributed by atoms with Crippen LogP contribution in [0.2, 0.25) is 0 Å². The van der Waals surface area contributed by atoms with E-state index in [2.05, 4.69) is 15.5 Å². The van der Waals surface area contributed by atoms with Crippen molar-refractivity contribution in [3.8, 4) is 11.3 Å². The fraction of sp³-hybridized carbons (Fsp3) is 0.111. The Labute approximate surface area is 139 Å². The molecule has 0 aliphatic rings. The summed E-state index contributed by atoms with van der Waals surface area (Å²) >= 11 is 1.49. The molecule has 0 fully saturated rings. The second-order valence-electron chi connectivity index (χ2n) is 5.01. The maximum atomic E-state index is 9.46. The first kappa shape index (κ1) is 15.4. The third kappa shape index (κ3) is 4.25. The number of aliphatic hydroxyl groups excluding tert-OH is 1. The average Bonchev–Trinajstić information content (AvgIpc) is 3.09. The Morgan fingerprint density at radius 3 is 2.43 bits per heavy atom. The Balaban J connectivity index is 1.68. The zero-order valence-electron chi connectivity index (χ0n) is 12.5. The summed E-state index contributed by atoms with van der Waals surface area (Å²) in [7, 11) is 0. The van der Waals surface area contributed by atoms with Crippen molar-refractivity contribution in [2.45, 2.75) is 6.42 Å². The lowest BCUT2D eigenvalue weighted by Crippen LogP contribution is -2.11. The second-order valence-corrected chi connectivity index (χ2v) is 5.87. The van der Waals surface area contributed by atoms with Crippen LogP contribution in [0.3, 0.4) is 0 Å². The van der Waals surface area contributed by atoms with Gasteiger partial charge in [-0.15, -0.1) is 11.3 Å². The molecule has 23 heavy (non-hydrogen) atoms. The number of hydrogen-bond donors (Lipinski definition) is 2. The molecule has 1 heterocycles. The summed E-state index contributed by atoms with van der Waals surface area (Å²) in [4.78, 5) is 4.51. The SMILES string of the molecule is OC/C(Cc1ccccc1)=N/Nc1nc(-c2ccccc2)cs1. The molecule has 0 saturated heterocycles. The minimum Gasteiger partial charge on any atom is -0.390 e. The van der Waals surface area contributed by atoms with Crippen LogP contribution in [0, 0.1) is 0 Å². The van der Waals surface area contributed by atoms with E-state index >= 15 is 0 Å². The molecule has 0 aliphatic heterocycles. The number of rotatable bonds is 6. The van der Waals surface area contributed by atoms with E-state index in [4.69, 9.17) is 0 Å². The van der Waals surface area contributed by atoms with Crippen molar-refractivity contribution in [1.29, 1.82) is 0 Å². The van der Waals surface area contributed by atoms with Crippen molar-refractivity contribution in [3.05, 3.63) is 71.6 Å². The molecule has 2 aromatic carbocycles. The molecule has 3 aromatic rings. The topological polar surface area (TPSA) is 57.5 Å². The smallest absolute Gasteiger partial charge is 0.203 e. The molecule has 0 radical (unpaired) electrons. The molecule has 0 amide bonds. The third-order valence-electron chi connectivity index (χ3n) is 3.32. The van der Waals surface area contributed by atoms with Crippen LogP contribution in [0.15, 0.2) is 71.1 Å². The first-order chi connectivity index (χ1) is 11.3. The van der Waals surface area contributed by atoms with Gasteiger partial charge >= 0.3 is 0 Å². The van der Waals surface area contributed by atoms with Crippen LogP contribution in [0.25, 0.3) is 11.3 Å². The minimum absolute atomic E-state index is 0.0845. The number of aliphatic hydroxyl groups is 1. The molecule has 3 rings (SSSR count). The summed E-state index contributed by atoms with van der Waals surface area (Å²) in [6, 6.07) is 20.0. The highest BCUT2D eigenvalue weighted by molar-refractivity contribution is 7.14. The van der Waals surface area contributed by atoms with Crippen molar-refractivity contribution < 1.29 is 5.11 Å². The molecule has 0 bridgehead atoms. The van der Waals surface area contributed by atoms with Gasteiger partial charge in [-0.2, -0.15) is 5.10 Å². The van der Waals surface area contributed by atoms with Crippen LogP contribution in [0.5, 0.6) is 0 Å². The van der Waals surface area contributed by atoms with E-state index in [-0.39, 0.29) is 6.61 Å². The maximum absolute atomic E-state index is 9.46. The Bertz CT molecular complexity index is 769. The number of anilines is 1. The molecule has 0 unspecified atom stereocenters. The normalized spacial score (nSPS) is 11.4. The van der Waals surface area contributed by atoms with Gasteiger partial charge in [0.15, 0.2) is 0 Å². The highest BCUT2D eigenvalue weighted by Gasteiger charge is 2.04. The van der Waals surface area contributed by atoms with E-state index in [0.29, 0.717) is 17.3 Å². The van der Waals surface area contributed by atoms with Gasteiger partial charge in [0.25, 0.3) is 0 Å². The lowest BCUT2D eigenvalue weighted by molar-refractivity contribution is 0.355. The van der Waals surface area contributed by atoms with Gasteiger partial charge in [-0.05, 0) is 5.56 Å². The van der Waals surface area contributed by atoms with Gasteiger partial charge in [0.2, 0.25) is 5.13 Å². The van der Waals surface area contributed by atoms with Crippen molar-refractivity contribution in [3.63, 3.8) is 0 Å². The standard InChI is InChI=1S/C18H17N3OS/c22-12-16(11-14-7-3-1-4-8-14)20-21-18-19-17(13-23-18)15-9-5-2-6-10-15/h1-10,13,22H,11-12H2,(H,19,21)/b20-16+. The number of nitrogens with zero attached hydrogens (tertiary/aromatic N) is 2. The molecular formula is C18H17N3OS. The van der Waals surface area contributed by atoms with Gasteiger partial charge in [0, 0.05) is 17.4 Å². The second kappa shape index (κ2) is 7.67. The fourth-order valence-electron chi connectivity index (χ4n) is 2.16. The number of hydrogen-bond acceptors (Lipinski definition) is 5. The van der Waals surface area contributed by atoms with Gasteiger partial charge in [0.1, 0.15) is 0 Å². The van der Waals surface area contributed by atoms with E-state index in [0.717, 1.165) is 16.8 Å². The molecule has 0 aliphatic carbocycles. The van der Waals surface area contributed by atoms with Crippen LogP contribution in [-0.2, 0) is 6.42 Å². The molecule has 0 spiro atoms. The van der Waals surface area contributed by atoms with Crippen LogP contribution in [0.1, 0.15) is 5.56 Å². The summed E-state index contributed by atoms with van der Waals surface area (Å²) in [6.07, 6.45) is 0.612. The monoisotopic (exact) mass is 323 g/mol. The van der Waals surface area contributed by atoms with Gasteiger partial charge < -0.3 is 5.11 Å². The first-order valence-electron chi connectivity index (χ1n) is 7.32. The Morgan fingerprint density at radius 1 is 1.04 bits per heavy atom.